The van der Waals surface area contributed by atoms with Gasteiger partial charge in [-0.15, -0.1) is 0 Å². The maximum absolute atomic E-state index is 5.91. The van der Waals surface area contributed by atoms with Crippen LogP contribution in [-0.2, 0) is 0 Å². The molecule has 0 aromatic heterocycles. The van der Waals surface area contributed by atoms with Crippen molar-refractivity contribution in [2.75, 3.05) is 5.73 Å². The van der Waals surface area contributed by atoms with Gasteiger partial charge in [-0.25, -0.2) is 0 Å². The van der Waals surface area contributed by atoms with Gasteiger partial charge in [-0.3, -0.25) is 0 Å². The van der Waals surface area contributed by atoms with Crippen LogP contribution in [0.4, 0.5) is 5.69 Å². The Balaban J connectivity index is 2.39. The summed E-state index contributed by atoms with van der Waals surface area (Å²) >= 11 is 5.91. The van der Waals surface area contributed by atoms with E-state index in [-0.39, 0.29) is 6.10 Å². The molecule has 2 nitrogen and oxygen atoms in total. The van der Waals surface area contributed by atoms with E-state index in [9.17, 15) is 0 Å². The predicted octanol–water partition coefficient (Wildman–Crippen LogP) is 4.66. The number of hydrogen-bond acceptors (Lipinski definition) is 2. The second kappa shape index (κ2) is 7.44. The van der Waals surface area contributed by atoms with Crippen LogP contribution in [0, 0.1) is 0 Å². The Bertz CT molecular complexity index is 341. The van der Waals surface area contributed by atoms with Gasteiger partial charge in [-0.2, -0.15) is 0 Å². The number of benzene rings is 1. The van der Waals surface area contributed by atoms with Crippen LogP contribution in [0.2, 0.25) is 5.02 Å². The van der Waals surface area contributed by atoms with Crippen LogP contribution >= 0.6 is 11.6 Å². The third-order valence-corrected chi connectivity index (χ3v) is 3.00. The fraction of sp³-hybridized carbons (Fsp3) is 0.571. The van der Waals surface area contributed by atoms with E-state index >= 15 is 0 Å². The highest BCUT2D eigenvalue weighted by atomic mass is 35.5. The van der Waals surface area contributed by atoms with Gasteiger partial charge < -0.3 is 10.5 Å². The van der Waals surface area contributed by atoms with Crippen LogP contribution in [0.1, 0.15) is 46.0 Å². The minimum Gasteiger partial charge on any atom is -0.489 e. The van der Waals surface area contributed by atoms with Crippen LogP contribution in [0.5, 0.6) is 5.75 Å². The van der Waals surface area contributed by atoms with Crippen molar-refractivity contribution >= 4 is 17.3 Å². The molecule has 1 atom stereocenters. The van der Waals surface area contributed by atoms with Gasteiger partial charge in [0.25, 0.3) is 0 Å². The quantitative estimate of drug-likeness (QED) is 0.568. The fourth-order valence-electron chi connectivity index (χ4n) is 1.74. The lowest BCUT2D eigenvalue weighted by Crippen LogP contribution is -2.12. The van der Waals surface area contributed by atoms with E-state index in [0.717, 1.165) is 6.42 Å². The van der Waals surface area contributed by atoms with Crippen molar-refractivity contribution in [2.45, 2.75) is 52.1 Å². The Morgan fingerprint density at radius 3 is 2.76 bits per heavy atom. The van der Waals surface area contributed by atoms with E-state index in [1.54, 1.807) is 18.2 Å². The highest BCUT2D eigenvalue weighted by Crippen LogP contribution is 2.27. The second-order valence-corrected chi connectivity index (χ2v) is 4.90. The van der Waals surface area contributed by atoms with Crippen molar-refractivity contribution < 1.29 is 4.74 Å². The van der Waals surface area contributed by atoms with Crippen LogP contribution in [0.3, 0.4) is 0 Å². The van der Waals surface area contributed by atoms with Gasteiger partial charge in [0.2, 0.25) is 0 Å². The van der Waals surface area contributed by atoms with Gasteiger partial charge in [0.1, 0.15) is 5.75 Å². The van der Waals surface area contributed by atoms with Crippen LogP contribution in [-0.4, -0.2) is 6.10 Å². The third-order valence-electron chi connectivity index (χ3n) is 2.77. The average Bonchev–Trinajstić information content (AvgIpc) is 2.29. The summed E-state index contributed by atoms with van der Waals surface area (Å²) in [5.41, 5.74) is 6.48. The molecule has 0 amide bonds. The van der Waals surface area contributed by atoms with E-state index in [1.807, 2.05) is 0 Å². The Morgan fingerprint density at radius 1 is 1.29 bits per heavy atom. The Labute approximate surface area is 109 Å². The number of ether oxygens (including phenoxy) is 1. The zero-order valence-electron chi connectivity index (χ0n) is 10.7. The molecule has 1 aromatic rings. The van der Waals surface area contributed by atoms with E-state index in [2.05, 4.69) is 13.8 Å². The normalized spacial score (nSPS) is 12.4. The summed E-state index contributed by atoms with van der Waals surface area (Å²) in [6.45, 7) is 4.29. The molecule has 1 unspecified atom stereocenters. The number of unbranched alkanes of at least 4 members (excludes halogenated alkanes) is 3. The molecule has 0 saturated heterocycles. The maximum Gasteiger partial charge on any atom is 0.144 e. The standard InChI is InChI=1S/C14H22ClNO/c1-3-4-5-6-7-11(2)17-14-10-12(15)8-9-13(14)16/h8-11H,3-7,16H2,1-2H3. The molecule has 0 radical (unpaired) electrons. The van der Waals surface area contributed by atoms with Crippen LogP contribution < -0.4 is 10.5 Å². The lowest BCUT2D eigenvalue weighted by atomic mass is 10.1. The number of nitrogens with two attached hydrogens (primary N) is 1. The second-order valence-electron chi connectivity index (χ2n) is 4.46. The maximum atomic E-state index is 5.91. The van der Waals surface area contributed by atoms with Gasteiger partial charge >= 0.3 is 0 Å². The summed E-state index contributed by atoms with van der Waals surface area (Å²) in [6.07, 6.45) is 6.28. The molecule has 1 rings (SSSR count). The van der Waals surface area contributed by atoms with E-state index < -0.39 is 0 Å². The molecule has 0 saturated carbocycles. The highest BCUT2D eigenvalue weighted by Gasteiger charge is 2.07. The Hall–Kier alpha value is -0.890. The molecule has 0 spiro atoms. The SMILES string of the molecule is CCCCCCC(C)Oc1cc(Cl)ccc1N. The topological polar surface area (TPSA) is 35.2 Å². The first kappa shape index (κ1) is 14.2. The summed E-state index contributed by atoms with van der Waals surface area (Å²) < 4.78 is 5.80. The van der Waals surface area contributed by atoms with Crippen LogP contribution in [0.25, 0.3) is 0 Å². The van der Waals surface area contributed by atoms with E-state index in [1.165, 1.54) is 25.7 Å². The minimum atomic E-state index is 0.188. The molecular weight excluding hydrogens is 234 g/mol. The zero-order chi connectivity index (χ0) is 12.7. The number of halogens is 1. The summed E-state index contributed by atoms with van der Waals surface area (Å²) in [4.78, 5) is 0. The van der Waals surface area contributed by atoms with Crippen molar-refractivity contribution in [1.82, 2.24) is 0 Å². The van der Waals surface area contributed by atoms with Crippen molar-refractivity contribution in [3.05, 3.63) is 23.2 Å². The highest BCUT2D eigenvalue weighted by molar-refractivity contribution is 6.30. The molecule has 96 valence electrons. The van der Waals surface area contributed by atoms with E-state index in [4.69, 9.17) is 22.1 Å². The molecule has 0 aliphatic rings. The molecule has 17 heavy (non-hydrogen) atoms. The zero-order valence-corrected chi connectivity index (χ0v) is 11.5. The number of anilines is 1. The molecule has 1 aromatic carbocycles. The lowest BCUT2D eigenvalue weighted by molar-refractivity contribution is 0.207. The summed E-state index contributed by atoms with van der Waals surface area (Å²) in [5.74, 6) is 0.695. The van der Waals surface area contributed by atoms with Crippen LogP contribution in [0.15, 0.2) is 18.2 Å². The van der Waals surface area contributed by atoms with Gasteiger partial charge in [-0.1, -0.05) is 37.8 Å². The largest absolute Gasteiger partial charge is 0.489 e. The molecule has 0 aliphatic heterocycles. The Morgan fingerprint density at radius 2 is 2.06 bits per heavy atom. The van der Waals surface area contributed by atoms with Gasteiger partial charge in [0.15, 0.2) is 0 Å². The summed E-state index contributed by atoms with van der Waals surface area (Å²) in [6, 6.07) is 5.33. The first-order valence-corrected chi connectivity index (χ1v) is 6.73. The molecule has 0 aliphatic carbocycles. The van der Waals surface area contributed by atoms with E-state index in [0.29, 0.717) is 16.5 Å². The average molecular weight is 256 g/mol. The fourth-order valence-corrected chi connectivity index (χ4v) is 1.91. The molecule has 0 fully saturated rings. The summed E-state index contributed by atoms with van der Waals surface area (Å²) in [5, 5.41) is 0.660. The smallest absolute Gasteiger partial charge is 0.144 e. The van der Waals surface area contributed by atoms with Gasteiger partial charge in [0.05, 0.1) is 11.8 Å². The predicted molar refractivity (Wildman–Crippen MR) is 74.7 cm³/mol. The van der Waals surface area contributed by atoms with Crippen molar-refractivity contribution in [3.8, 4) is 5.75 Å². The first-order valence-electron chi connectivity index (χ1n) is 6.35. The lowest BCUT2D eigenvalue weighted by Gasteiger charge is -2.16. The third kappa shape index (κ3) is 5.31. The Kier molecular flexibility index (Phi) is 6.20. The number of nitrogen functional groups attached to an aromatic ring is 1. The first-order chi connectivity index (χ1) is 8.13. The number of hydrogen-bond donors (Lipinski definition) is 1. The monoisotopic (exact) mass is 255 g/mol. The summed E-state index contributed by atoms with van der Waals surface area (Å²) in [7, 11) is 0. The molecule has 0 bridgehead atoms. The van der Waals surface area contributed by atoms with Gasteiger partial charge in [-0.05, 0) is 31.9 Å². The van der Waals surface area contributed by atoms with Crippen molar-refractivity contribution in [2.24, 2.45) is 0 Å². The molecule has 2 N–H and O–H groups in total. The molecule has 0 heterocycles. The molecular formula is C14H22ClNO. The van der Waals surface area contributed by atoms with Crippen molar-refractivity contribution in [1.29, 1.82) is 0 Å². The molecule has 3 heteroatoms. The minimum absolute atomic E-state index is 0.188. The number of rotatable bonds is 7. The van der Waals surface area contributed by atoms with Crippen molar-refractivity contribution in [3.63, 3.8) is 0 Å². The van der Waals surface area contributed by atoms with Gasteiger partial charge in [0, 0.05) is 11.1 Å².